The molecule has 0 saturated carbocycles. The Morgan fingerprint density at radius 3 is 2.44 bits per heavy atom. The first kappa shape index (κ1) is 14.8. The number of unbranched alkanes of at least 4 members (excludes halogenated alkanes) is 4. The monoisotopic (exact) mass is 244 g/mol. The predicted molar refractivity (Wildman–Crippen MR) is 77.4 cm³/mol. The van der Waals surface area contributed by atoms with Crippen LogP contribution in [0.5, 0.6) is 0 Å². The second-order valence-corrected chi connectivity index (χ2v) is 4.68. The van der Waals surface area contributed by atoms with Gasteiger partial charge in [0, 0.05) is 5.57 Å². The van der Waals surface area contributed by atoms with Crippen LogP contribution in [0.2, 0.25) is 0 Å². The van der Waals surface area contributed by atoms with E-state index in [1.807, 2.05) is 30.3 Å². The van der Waals surface area contributed by atoms with E-state index in [2.05, 4.69) is 19.2 Å². The van der Waals surface area contributed by atoms with Crippen molar-refractivity contribution in [3.63, 3.8) is 0 Å². The molecule has 18 heavy (non-hydrogen) atoms. The number of benzene rings is 1. The topological polar surface area (TPSA) is 20.2 Å². The summed E-state index contributed by atoms with van der Waals surface area (Å²) < 4.78 is 0. The van der Waals surface area contributed by atoms with E-state index in [9.17, 15) is 5.11 Å². The average Bonchev–Trinajstić information content (AvgIpc) is 2.43. The maximum absolute atomic E-state index is 10.2. The van der Waals surface area contributed by atoms with Crippen LogP contribution in [0.15, 0.2) is 48.2 Å². The highest BCUT2D eigenvalue weighted by Crippen LogP contribution is 2.24. The van der Waals surface area contributed by atoms with Crippen LogP contribution < -0.4 is 0 Å². The maximum atomic E-state index is 10.2. The molecule has 0 amide bonds. The fourth-order valence-electron chi connectivity index (χ4n) is 2.08. The van der Waals surface area contributed by atoms with E-state index in [1.54, 1.807) is 0 Å². The standard InChI is InChI=1S/C17H24O/c1-3-5-6-7-9-12-15(4-2)17(18)16-13-10-8-11-14-16/h8,10-11,13-14,17-18H,2-3,5-7,9,12H2,1H3/t17-/m1/s1. The van der Waals surface area contributed by atoms with E-state index in [0.29, 0.717) is 0 Å². The van der Waals surface area contributed by atoms with Crippen LogP contribution in [0.3, 0.4) is 0 Å². The molecule has 0 unspecified atom stereocenters. The second kappa shape index (κ2) is 8.74. The average molecular weight is 244 g/mol. The summed E-state index contributed by atoms with van der Waals surface area (Å²) in [7, 11) is 0. The highest BCUT2D eigenvalue weighted by molar-refractivity contribution is 5.25. The zero-order valence-electron chi connectivity index (χ0n) is 11.4. The molecule has 0 saturated heterocycles. The Morgan fingerprint density at radius 2 is 1.83 bits per heavy atom. The van der Waals surface area contributed by atoms with Crippen LogP contribution in [0, 0.1) is 0 Å². The first-order valence-corrected chi connectivity index (χ1v) is 6.91. The Bertz CT molecular complexity index is 374. The van der Waals surface area contributed by atoms with Gasteiger partial charge in [-0.05, 0) is 18.4 Å². The van der Waals surface area contributed by atoms with Gasteiger partial charge in [0.15, 0.2) is 0 Å². The molecule has 1 atom stereocenters. The van der Waals surface area contributed by atoms with Gasteiger partial charge in [-0.2, -0.15) is 0 Å². The van der Waals surface area contributed by atoms with E-state index in [4.69, 9.17) is 0 Å². The van der Waals surface area contributed by atoms with E-state index in [1.165, 1.54) is 25.7 Å². The van der Waals surface area contributed by atoms with E-state index >= 15 is 0 Å². The summed E-state index contributed by atoms with van der Waals surface area (Å²) in [6, 6.07) is 9.73. The Morgan fingerprint density at radius 1 is 1.17 bits per heavy atom. The molecule has 1 N–H and O–H groups in total. The molecule has 1 nitrogen and oxygen atoms in total. The van der Waals surface area contributed by atoms with Crippen molar-refractivity contribution >= 4 is 0 Å². The Hall–Kier alpha value is -1.30. The molecule has 1 rings (SSSR count). The van der Waals surface area contributed by atoms with Crippen molar-refractivity contribution in [1.29, 1.82) is 0 Å². The molecule has 0 spiro atoms. The minimum absolute atomic E-state index is 0.546. The number of hydrogen-bond acceptors (Lipinski definition) is 1. The molecular weight excluding hydrogens is 220 g/mol. The largest absolute Gasteiger partial charge is 0.383 e. The highest BCUT2D eigenvalue weighted by Gasteiger charge is 2.11. The molecule has 1 aromatic carbocycles. The first-order chi connectivity index (χ1) is 8.79. The third-order valence-electron chi connectivity index (χ3n) is 3.22. The smallest absolute Gasteiger partial charge is 0.107 e. The predicted octanol–water partition coefficient (Wildman–Crippen LogP) is 4.79. The molecule has 0 aliphatic rings. The van der Waals surface area contributed by atoms with Gasteiger partial charge < -0.3 is 5.11 Å². The molecule has 0 bridgehead atoms. The highest BCUT2D eigenvalue weighted by atomic mass is 16.3. The Labute approximate surface area is 111 Å². The number of aliphatic hydroxyl groups excluding tert-OH is 1. The van der Waals surface area contributed by atoms with Gasteiger partial charge in [0.1, 0.15) is 6.10 Å². The molecule has 98 valence electrons. The molecule has 0 radical (unpaired) electrons. The lowest BCUT2D eigenvalue weighted by atomic mass is 9.97. The normalized spacial score (nSPS) is 11.9. The van der Waals surface area contributed by atoms with Crippen molar-refractivity contribution in [3.8, 4) is 0 Å². The summed E-state index contributed by atoms with van der Waals surface area (Å²) in [5.74, 6) is 0. The lowest BCUT2D eigenvalue weighted by molar-refractivity contribution is 0.210. The summed E-state index contributed by atoms with van der Waals surface area (Å²) >= 11 is 0. The van der Waals surface area contributed by atoms with Gasteiger partial charge in [0.25, 0.3) is 0 Å². The fraction of sp³-hybridized carbons (Fsp3) is 0.471. The van der Waals surface area contributed by atoms with Gasteiger partial charge in [0.05, 0.1) is 0 Å². The zero-order chi connectivity index (χ0) is 13.2. The third-order valence-corrected chi connectivity index (χ3v) is 3.22. The number of hydrogen-bond donors (Lipinski definition) is 1. The minimum atomic E-state index is -0.546. The number of aliphatic hydroxyl groups is 1. The van der Waals surface area contributed by atoms with E-state index in [0.717, 1.165) is 24.0 Å². The Kier molecular flexibility index (Phi) is 7.17. The fourth-order valence-corrected chi connectivity index (χ4v) is 2.08. The molecule has 0 aliphatic carbocycles. The molecule has 1 heteroatoms. The van der Waals surface area contributed by atoms with Crippen molar-refractivity contribution < 1.29 is 5.11 Å². The van der Waals surface area contributed by atoms with Gasteiger partial charge in [-0.15, -0.1) is 5.73 Å². The van der Waals surface area contributed by atoms with Gasteiger partial charge in [-0.25, -0.2) is 0 Å². The number of rotatable bonds is 8. The van der Waals surface area contributed by atoms with Crippen molar-refractivity contribution in [2.75, 3.05) is 0 Å². The van der Waals surface area contributed by atoms with Gasteiger partial charge in [-0.1, -0.05) is 69.5 Å². The maximum Gasteiger partial charge on any atom is 0.107 e. The molecule has 0 heterocycles. The molecular formula is C17H24O. The Balaban J connectivity index is 2.45. The first-order valence-electron chi connectivity index (χ1n) is 6.91. The molecule has 0 aromatic heterocycles. The van der Waals surface area contributed by atoms with Crippen LogP contribution in [-0.4, -0.2) is 5.11 Å². The van der Waals surface area contributed by atoms with Crippen molar-refractivity contribution in [1.82, 2.24) is 0 Å². The molecule has 1 aromatic rings. The van der Waals surface area contributed by atoms with Crippen LogP contribution in [0.4, 0.5) is 0 Å². The zero-order valence-corrected chi connectivity index (χ0v) is 11.4. The van der Waals surface area contributed by atoms with Crippen LogP contribution >= 0.6 is 0 Å². The summed E-state index contributed by atoms with van der Waals surface area (Å²) in [5.41, 5.74) is 4.75. The SMILES string of the molecule is C=C=C(CCCCCCC)[C@@H](O)c1ccccc1. The van der Waals surface area contributed by atoms with Crippen molar-refractivity contribution in [2.45, 2.75) is 51.6 Å². The lowest BCUT2D eigenvalue weighted by Gasteiger charge is -2.13. The van der Waals surface area contributed by atoms with Crippen molar-refractivity contribution in [2.24, 2.45) is 0 Å². The summed E-state index contributed by atoms with van der Waals surface area (Å²) in [4.78, 5) is 0. The van der Waals surface area contributed by atoms with Crippen LogP contribution in [0.1, 0.15) is 57.1 Å². The summed E-state index contributed by atoms with van der Waals surface area (Å²) in [5, 5.41) is 10.2. The van der Waals surface area contributed by atoms with E-state index < -0.39 is 6.10 Å². The summed E-state index contributed by atoms with van der Waals surface area (Å²) in [6.45, 7) is 5.92. The lowest BCUT2D eigenvalue weighted by Crippen LogP contribution is -2.01. The quantitative estimate of drug-likeness (QED) is 0.515. The van der Waals surface area contributed by atoms with Gasteiger partial charge in [-0.3, -0.25) is 0 Å². The molecule has 0 aliphatic heterocycles. The molecule has 0 fully saturated rings. The van der Waals surface area contributed by atoms with Crippen LogP contribution in [-0.2, 0) is 0 Å². The van der Waals surface area contributed by atoms with Crippen molar-refractivity contribution in [3.05, 3.63) is 53.8 Å². The van der Waals surface area contributed by atoms with Gasteiger partial charge in [0.2, 0.25) is 0 Å². The van der Waals surface area contributed by atoms with Gasteiger partial charge >= 0.3 is 0 Å². The minimum Gasteiger partial charge on any atom is -0.383 e. The third kappa shape index (κ3) is 4.91. The summed E-state index contributed by atoms with van der Waals surface area (Å²) in [6.07, 6.45) is 6.52. The second-order valence-electron chi connectivity index (χ2n) is 4.68. The van der Waals surface area contributed by atoms with Crippen LogP contribution in [0.25, 0.3) is 0 Å². The van der Waals surface area contributed by atoms with E-state index in [-0.39, 0.29) is 0 Å².